The van der Waals surface area contributed by atoms with Crippen molar-refractivity contribution in [2.75, 3.05) is 38.7 Å². The summed E-state index contributed by atoms with van der Waals surface area (Å²) in [6, 6.07) is 7.06. The maximum absolute atomic E-state index is 14.9. The maximum Gasteiger partial charge on any atom is 0.258 e. The van der Waals surface area contributed by atoms with Crippen LogP contribution >= 0.6 is 0 Å². The van der Waals surface area contributed by atoms with Crippen molar-refractivity contribution in [3.8, 4) is 17.0 Å². The first-order valence-electron chi connectivity index (χ1n) is 11.8. The van der Waals surface area contributed by atoms with Crippen LogP contribution in [-0.2, 0) is 11.3 Å². The second-order valence-electron chi connectivity index (χ2n) is 9.08. The summed E-state index contributed by atoms with van der Waals surface area (Å²) in [6.07, 6.45) is -1.23. The molecule has 13 heteroatoms. The van der Waals surface area contributed by atoms with Crippen LogP contribution in [0.15, 0.2) is 30.5 Å². The number of benzene rings is 1. The van der Waals surface area contributed by atoms with Gasteiger partial charge in [0.2, 0.25) is 11.8 Å². The molecule has 2 atom stereocenters. The van der Waals surface area contributed by atoms with Crippen molar-refractivity contribution in [2.45, 2.75) is 37.6 Å². The highest BCUT2D eigenvalue weighted by molar-refractivity contribution is 5.89. The Hall–Kier alpha value is -3.45. The summed E-state index contributed by atoms with van der Waals surface area (Å²) < 4.78 is 54.4. The Labute approximate surface area is 204 Å². The summed E-state index contributed by atoms with van der Waals surface area (Å²) in [7, 11) is 1.50. The third-order valence-corrected chi connectivity index (χ3v) is 6.83. The Morgan fingerprint density at radius 1 is 1.25 bits per heavy atom. The molecule has 2 saturated heterocycles. The monoisotopic (exact) mass is 502 g/mol. The highest BCUT2D eigenvalue weighted by Crippen LogP contribution is 2.33. The van der Waals surface area contributed by atoms with Gasteiger partial charge in [-0.3, -0.25) is 4.90 Å². The Morgan fingerprint density at radius 3 is 2.83 bits per heavy atom. The molecule has 0 bridgehead atoms. The molecule has 0 aliphatic carbocycles. The van der Waals surface area contributed by atoms with Gasteiger partial charge in [0, 0.05) is 24.8 Å². The fraction of sp³-hybridized carbons (Fsp3) is 0.478. The molecule has 10 nitrogen and oxygen atoms in total. The van der Waals surface area contributed by atoms with Crippen LogP contribution in [0.25, 0.3) is 27.7 Å². The normalized spacial score (nSPS) is 21.4. The molecule has 0 amide bonds. The third-order valence-electron chi connectivity index (χ3n) is 6.83. The average Bonchev–Trinajstić information content (AvgIpc) is 3.43. The number of hydrogen-bond acceptors (Lipinski definition) is 8. The van der Waals surface area contributed by atoms with Crippen molar-refractivity contribution in [3.05, 3.63) is 30.5 Å². The molecule has 1 aromatic carbocycles. The number of alkyl halides is 3. The van der Waals surface area contributed by atoms with Gasteiger partial charge in [0.1, 0.15) is 23.7 Å². The summed E-state index contributed by atoms with van der Waals surface area (Å²) in [4.78, 5) is 6.64. The second kappa shape index (κ2) is 9.21. The lowest BCUT2D eigenvalue weighted by atomic mass is 10.0. The van der Waals surface area contributed by atoms with Crippen LogP contribution in [0.1, 0.15) is 6.42 Å². The molecule has 2 aliphatic heterocycles. The SMILES string of the molecule is COc1nc(N[C@H]2CCN(C3COC3)C[C@H]2F)nn2ccc(-c3ccc4nnn(CC(F)F)c4c3)c12. The number of methoxy groups -OCH3 is 1. The van der Waals surface area contributed by atoms with Gasteiger partial charge in [0.05, 0.1) is 37.9 Å². The summed E-state index contributed by atoms with van der Waals surface area (Å²) >= 11 is 0. The van der Waals surface area contributed by atoms with Crippen LogP contribution in [0.4, 0.5) is 19.1 Å². The quantitative estimate of drug-likeness (QED) is 0.412. The van der Waals surface area contributed by atoms with Gasteiger partial charge in [-0.05, 0) is 30.2 Å². The summed E-state index contributed by atoms with van der Waals surface area (Å²) in [6.45, 7) is 1.91. The van der Waals surface area contributed by atoms with E-state index in [1.807, 2.05) is 12.1 Å². The predicted octanol–water partition coefficient (Wildman–Crippen LogP) is 2.64. The minimum absolute atomic E-state index is 0.268. The molecule has 2 fully saturated rings. The van der Waals surface area contributed by atoms with Gasteiger partial charge in [0.15, 0.2) is 0 Å². The van der Waals surface area contributed by atoms with Crippen LogP contribution in [0, 0.1) is 0 Å². The first-order valence-corrected chi connectivity index (χ1v) is 11.8. The number of likely N-dealkylation sites (tertiary alicyclic amines) is 1. The van der Waals surface area contributed by atoms with Gasteiger partial charge in [-0.15, -0.1) is 10.2 Å². The van der Waals surface area contributed by atoms with E-state index >= 15 is 0 Å². The molecule has 0 radical (unpaired) electrons. The van der Waals surface area contributed by atoms with Gasteiger partial charge < -0.3 is 14.8 Å². The largest absolute Gasteiger partial charge is 0.479 e. The van der Waals surface area contributed by atoms with E-state index in [9.17, 15) is 13.2 Å². The van der Waals surface area contributed by atoms with Crippen LogP contribution in [0.2, 0.25) is 0 Å². The number of hydrogen-bond donors (Lipinski definition) is 1. The van der Waals surface area contributed by atoms with Crippen LogP contribution in [0.5, 0.6) is 5.88 Å². The fourth-order valence-electron chi connectivity index (χ4n) is 4.85. The fourth-order valence-corrected chi connectivity index (χ4v) is 4.85. The van der Waals surface area contributed by atoms with Crippen LogP contribution < -0.4 is 10.1 Å². The zero-order valence-corrected chi connectivity index (χ0v) is 19.5. The molecule has 2 aliphatic rings. The predicted molar refractivity (Wildman–Crippen MR) is 125 cm³/mol. The number of fused-ring (bicyclic) bond motifs is 2. The Balaban J connectivity index is 1.28. The molecule has 0 spiro atoms. The van der Waals surface area contributed by atoms with Gasteiger partial charge in [-0.2, -0.15) is 4.98 Å². The standard InChI is InChI=1S/C23H25F3N8O2/c1-35-22-21-15(13-2-3-18-19(8-13)34(31-29-18)10-20(25)26)4-7-33(21)30-23(28-22)27-17-5-6-32(9-16(17)24)14-11-36-12-14/h2-4,7-8,14,16-17,20H,5-6,9-12H2,1H3,(H,27,30)/t16-,17+/m1/s1. The Bertz CT molecular complexity index is 1390. The van der Waals surface area contributed by atoms with Crippen molar-refractivity contribution in [3.63, 3.8) is 0 Å². The van der Waals surface area contributed by atoms with E-state index in [0.29, 0.717) is 54.7 Å². The van der Waals surface area contributed by atoms with E-state index in [4.69, 9.17) is 9.47 Å². The van der Waals surface area contributed by atoms with Gasteiger partial charge in [-0.1, -0.05) is 11.3 Å². The molecule has 3 aromatic heterocycles. The topological polar surface area (TPSA) is 94.6 Å². The zero-order valence-electron chi connectivity index (χ0n) is 19.5. The Morgan fingerprint density at radius 2 is 2.11 bits per heavy atom. The zero-order chi connectivity index (χ0) is 24.8. The average molecular weight is 503 g/mol. The first-order chi connectivity index (χ1) is 17.5. The molecule has 5 heterocycles. The third kappa shape index (κ3) is 4.11. The van der Waals surface area contributed by atoms with E-state index in [1.165, 1.54) is 11.8 Å². The summed E-state index contributed by atoms with van der Waals surface area (Å²) in [5, 5.41) is 15.5. The summed E-state index contributed by atoms with van der Waals surface area (Å²) in [5.74, 6) is 0.579. The molecular formula is C23H25F3N8O2. The van der Waals surface area contributed by atoms with Crippen LogP contribution in [0.3, 0.4) is 0 Å². The number of rotatable bonds is 7. The highest BCUT2D eigenvalue weighted by Gasteiger charge is 2.35. The Kier molecular flexibility index (Phi) is 5.88. The molecule has 1 N–H and O–H groups in total. The number of halogens is 3. The number of piperidine rings is 1. The number of anilines is 1. The molecule has 4 aromatic rings. The number of nitrogens with one attached hydrogen (secondary N) is 1. The maximum atomic E-state index is 14.9. The minimum atomic E-state index is -2.54. The lowest BCUT2D eigenvalue weighted by Gasteiger charge is -2.42. The first kappa shape index (κ1) is 23.0. The number of nitrogens with zero attached hydrogens (tertiary/aromatic N) is 7. The van der Waals surface area contributed by atoms with E-state index in [0.717, 1.165) is 17.7 Å². The highest BCUT2D eigenvalue weighted by atomic mass is 19.3. The molecule has 0 saturated carbocycles. The van der Waals surface area contributed by atoms with Gasteiger partial charge >= 0.3 is 0 Å². The number of ether oxygens (including phenoxy) is 2. The van der Waals surface area contributed by atoms with Gasteiger partial charge in [-0.25, -0.2) is 22.4 Å². The molecule has 6 rings (SSSR count). The van der Waals surface area contributed by atoms with E-state index in [1.54, 1.807) is 22.8 Å². The van der Waals surface area contributed by atoms with Crippen molar-refractivity contribution in [2.24, 2.45) is 0 Å². The smallest absolute Gasteiger partial charge is 0.258 e. The van der Waals surface area contributed by atoms with Crippen molar-refractivity contribution in [1.29, 1.82) is 0 Å². The van der Waals surface area contributed by atoms with E-state index in [-0.39, 0.29) is 5.95 Å². The minimum Gasteiger partial charge on any atom is -0.479 e. The van der Waals surface area contributed by atoms with Crippen LogP contribution in [-0.4, -0.2) is 92.6 Å². The van der Waals surface area contributed by atoms with E-state index < -0.39 is 25.2 Å². The molecular weight excluding hydrogens is 477 g/mol. The molecule has 190 valence electrons. The lowest BCUT2D eigenvalue weighted by molar-refractivity contribution is -0.0794. The van der Waals surface area contributed by atoms with Crippen molar-refractivity contribution < 1.29 is 22.6 Å². The molecule has 36 heavy (non-hydrogen) atoms. The van der Waals surface area contributed by atoms with Crippen molar-refractivity contribution >= 4 is 22.5 Å². The lowest BCUT2D eigenvalue weighted by Crippen LogP contribution is -2.57. The van der Waals surface area contributed by atoms with E-state index in [2.05, 4.69) is 30.6 Å². The van der Waals surface area contributed by atoms with Crippen molar-refractivity contribution in [1.82, 2.24) is 34.5 Å². The number of aromatic nitrogens is 6. The summed E-state index contributed by atoms with van der Waals surface area (Å²) in [5.41, 5.74) is 3.13. The molecule has 0 unspecified atom stereocenters. The second-order valence-corrected chi connectivity index (χ2v) is 9.08. The van der Waals surface area contributed by atoms with Gasteiger partial charge in [0.25, 0.3) is 6.43 Å².